The number of benzene rings is 1. The number of hydrogen-bond acceptors (Lipinski definition) is 3. The third-order valence-corrected chi connectivity index (χ3v) is 4.44. The van der Waals surface area contributed by atoms with Crippen molar-refractivity contribution >= 4 is 0 Å². The zero-order chi connectivity index (χ0) is 15.7. The van der Waals surface area contributed by atoms with Gasteiger partial charge in [0.25, 0.3) is 0 Å². The van der Waals surface area contributed by atoms with E-state index in [2.05, 4.69) is 55.8 Å². The van der Waals surface area contributed by atoms with Crippen molar-refractivity contribution in [1.82, 2.24) is 14.9 Å². The predicted molar refractivity (Wildman–Crippen MR) is 89.9 cm³/mol. The summed E-state index contributed by atoms with van der Waals surface area (Å²) in [6.45, 7) is 11.7. The molecule has 0 N–H and O–H groups in total. The van der Waals surface area contributed by atoms with Crippen LogP contribution >= 0.6 is 0 Å². The zero-order valence-electron chi connectivity index (χ0n) is 14.1. The molecule has 116 valence electrons. The Kier molecular flexibility index (Phi) is 4.25. The van der Waals surface area contributed by atoms with Crippen LogP contribution in [0.2, 0.25) is 0 Å². The summed E-state index contributed by atoms with van der Waals surface area (Å²) in [4.78, 5) is 11.8. The average Bonchev–Trinajstić information content (AvgIpc) is 2.49. The van der Waals surface area contributed by atoms with Gasteiger partial charge in [-0.25, -0.2) is 9.97 Å². The molecule has 0 unspecified atom stereocenters. The molecule has 0 atom stereocenters. The standard InChI is InChI=1S/C19H25N3/c1-13(2)19-20-10-17-12-22(8-7-18(17)21-19)11-16-6-5-14(3)9-15(16)4/h5-6,9-10,13H,7-8,11-12H2,1-4H3. The summed E-state index contributed by atoms with van der Waals surface area (Å²) < 4.78 is 0. The molecule has 22 heavy (non-hydrogen) atoms. The Hall–Kier alpha value is -1.74. The molecular weight excluding hydrogens is 270 g/mol. The van der Waals surface area contributed by atoms with Gasteiger partial charge >= 0.3 is 0 Å². The molecule has 3 rings (SSSR count). The lowest BCUT2D eigenvalue weighted by Gasteiger charge is -2.28. The molecule has 0 spiro atoms. The maximum atomic E-state index is 4.75. The fourth-order valence-electron chi connectivity index (χ4n) is 3.07. The minimum Gasteiger partial charge on any atom is -0.294 e. The molecule has 0 fully saturated rings. The van der Waals surface area contributed by atoms with Gasteiger partial charge in [0.15, 0.2) is 0 Å². The van der Waals surface area contributed by atoms with Crippen molar-refractivity contribution in [2.24, 2.45) is 0 Å². The van der Waals surface area contributed by atoms with Crippen molar-refractivity contribution in [2.45, 2.75) is 53.1 Å². The first kappa shape index (κ1) is 15.2. The van der Waals surface area contributed by atoms with Gasteiger partial charge in [-0.05, 0) is 25.0 Å². The lowest BCUT2D eigenvalue weighted by atomic mass is 10.0. The van der Waals surface area contributed by atoms with E-state index in [-0.39, 0.29) is 0 Å². The Labute approximate surface area is 133 Å². The van der Waals surface area contributed by atoms with Crippen molar-refractivity contribution < 1.29 is 0 Å². The third-order valence-electron chi connectivity index (χ3n) is 4.44. The van der Waals surface area contributed by atoms with Gasteiger partial charge < -0.3 is 0 Å². The SMILES string of the molecule is Cc1ccc(CN2CCc3nc(C(C)C)ncc3C2)c(C)c1. The number of aromatic nitrogens is 2. The lowest BCUT2D eigenvalue weighted by Crippen LogP contribution is -2.31. The van der Waals surface area contributed by atoms with E-state index in [9.17, 15) is 0 Å². The Morgan fingerprint density at radius 1 is 1.23 bits per heavy atom. The Bertz CT molecular complexity index is 676. The van der Waals surface area contributed by atoms with E-state index in [0.717, 1.165) is 31.9 Å². The van der Waals surface area contributed by atoms with Gasteiger partial charge in [0.2, 0.25) is 0 Å². The van der Waals surface area contributed by atoms with Gasteiger partial charge in [0.1, 0.15) is 5.82 Å². The minimum absolute atomic E-state index is 0.401. The summed E-state index contributed by atoms with van der Waals surface area (Å²) in [5, 5.41) is 0. The van der Waals surface area contributed by atoms with E-state index >= 15 is 0 Å². The molecule has 1 aromatic heterocycles. The van der Waals surface area contributed by atoms with E-state index in [4.69, 9.17) is 4.98 Å². The second-order valence-corrected chi connectivity index (χ2v) is 6.75. The Balaban J connectivity index is 1.74. The molecule has 1 aromatic carbocycles. The number of hydrogen-bond donors (Lipinski definition) is 0. The number of nitrogens with zero attached hydrogens (tertiary/aromatic N) is 3. The largest absolute Gasteiger partial charge is 0.294 e. The molecule has 0 saturated carbocycles. The van der Waals surface area contributed by atoms with Crippen LogP contribution in [0.5, 0.6) is 0 Å². The zero-order valence-corrected chi connectivity index (χ0v) is 14.1. The molecular formula is C19H25N3. The molecule has 2 heterocycles. The molecule has 0 amide bonds. The highest BCUT2D eigenvalue weighted by molar-refractivity contribution is 5.31. The van der Waals surface area contributed by atoms with Crippen molar-refractivity contribution in [3.05, 3.63) is 58.2 Å². The van der Waals surface area contributed by atoms with Gasteiger partial charge in [-0.2, -0.15) is 0 Å². The number of aryl methyl sites for hydroxylation is 2. The molecule has 2 aromatic rings. The molecule has 3 nitrogen and oxygen atoms in total. The van der Waals surface area contributed by atoms with Crippen molar-refractivity contribution in [1.29, 1.82) is 0 Å². The van der Waals surface area contributed by atoms with Gasteiger partial charge in [-0.1, -0.05) is 37.6 Å². The smallest absolute Gasteiger partial charge is 0.131 e. The van der Waals surface area contributed by atoms with E-state index in [1.54, 1.807) is 0 Å². The molecule has 1 aliphatic heterocycles. The van der Waals surface area contributed by atoms with Crippen LogP contribution < -0.4 is 0 Å². The van der Waals surface area contributed by atoms with Gasteiger partial charge in [0, 0.05) is 49.4 Å². The molecule has 1 aliphatic rings. The van der Waals surface area contributed by atoms with Crippen molar-refractivity contribution in [3.8, 4) is 0 Å². The molecule has 0 bridgehead atoms. The second kappa shape index (κ2) is 6.17. The Morgan fingerprint density at radius 3 is 2.77 bits per heavy atom. The maximum Gasteiger partial charge on any atom is 0.131 e. The highest BCUT2D eigenvalue weighted by Gasteiger charge is 2.19. The van der Waals surface area contributed by atoms with E-state index in [0.29, 0.717) is 5.92 Å². The molecule has 0 saturated heterocycles. The van der Waals surface area contributed by atoms with Crippen LogP contribution in [-0.4, -0.2) is 21.4 Å². The fourth-order valence-corrected chi connectivity index (χ4v) is 3.07. The summed E-state index contributed by atoms with van der Waals surface area (Å²) >= 11 is 0. The highest BCUT2D eigenvalue weighted by Crippen LogP contribution is 2.21. The highest BCUT2D eigenvalue weighted by atomic mass is 15.1. The van der Waals surface area contributed by atoms with Crippen LogP contribution in [-0.2, 0) is 19.5 Å². The molecule has 3 heteroatoms. The first-order valence-electron chi connectivity index (χ1n) is 8.16. The van der Waals surface area contributed by atoms with Crippen LogP contribution in [0.1, 0.15) is 53.5 Å². The van der Waals surface area contributed by atoms with Gasteiger partial charge in [-0.15, -0.1) is 0 Å². The first-order chi connectivity index (χ1) is 10.5. The summed E-state index contributed by atoms with van der Waals surface area (Å²) in [5.41, 5.74) is 6.68. The van der Waals surface area contributed by atoms with E-state index < -0.39 is 0 Å². The average molecular weight is 295 g/mol. The normalized spacial score (nSPS) is 15.1. The summed E-state index contributed by atoms with van der Waals surface area (Å²) in [7, 11) is 0. The van der Waals surface area contributed by atoms with E-state index in [1.165, 1.54) is 27.9 Å². The second-order valence-electron chi connectivity index (χ2n) is 6.75. The van der Waals surface area contributed by atoms with E-state index in [1.807, 2.05) is 6.20 Å². The molecule has 0 radical (unpaired) electrons. The topological polar surface area (TPSA) is 29.0 Å². The first-order valence-corrected chi connectivity index (χ1v) is 8.16. The number of fused-ring (bicyclic) bond motifs is 1. The predicted octanol–water partition coefficient (Wildman–Crippen LogP) is 3.78. The van der Waals surface area contributed by atoms with Crippen LogP contribution in [0.4, 0.5) is 0 Å². The summed E-state index contributed by atoms with van der Waals surface area (Å²) in [6, 6.07) is 6.74. The van der Waals surface area contributed by atoms with Gasteiger partial charge in [-0.3, -0.25) is 4.90 Å². The summed E-state index contributed by atoms with van der Waals surface area (Å²) in [5.74, 6) is 1.38. The van der Waals surface area contributed by atoms with Crippen LogP contribution in [0.3, 0.4) is 0 Å². The fraction of sp³-hybridized carbons (Fsp3) is 0.474. The summed E-state index contributed by atoms with van der Waals surface area (Å²) in [6.07, 6.45) is 3.06. The minimum atomic E-state index is 0.401. The van der Waals surface area contributed by atoms with Gasteiger partial charge in [0.05, 0.1) is 0 Å². The monoisotopic (exact) mass is 295 g/mol. The third kappa shape index (κ3) is 3.20. The van der Waals surface area contributed by atoms with Crippen molar-refractivity contribution in [3.63, 3.8) is 0 Å². The van der Waals surface area contributed by atoms with Crippen molar-refractivity contribution in [2.75, 3.05) is 6.54 Å². The Morgan fingerprint density at radius 2 is 2.05 bits per heavy atom. The quantitative estimate of drug-likeness (QED) is 0.863. The number of rotatable bonds is 3. The van der Waals surface area contributed by atoms with Crippen LogP contribution in [0, 0.1) is 13.8 Å². The molecule has 0 aliphatic carbocycles. The lowest BCUT2D eigenvalue weighted by molar-refractivity contribution is 0.242. The maximum absolute atomic E-state index is 4.75. The van der Waals surface area contributed by atoms with Crippen LogP contribution in [0.25, 0.3) is 0 Å². The van der Waals surface area contributed by atoms with Crippen LogP contribution in [0.15, 0.2) is 24.4 Å².